The van der Waals surface area contributed by atoms with Crippen LogP contribution in [0.5, 0.6) is 0 Å². The summed E-state index contributed by atoms with van der Waals surface area (Å²) in [5.74, 6) is 0. The first-order valence-corrected chi connectivity index (χ1v) is 7.01. The second-order valence-corrected chi connectivity index (χ2v) is 5.42. The van der Waals surface area contributed by atoms with Crippen molar-refractivity contribution in [3.05, 3.63) is 35.9 Å². The van der Waals surface area contributed by atoms with Gasteiger partial charge in [-0.05, 0) is 25.0 Å². The van der Waals surface area contributed by atoms with Gasteiger partial charge in [-0.3, -0.25) is 9.36 Å². The fourth-order valence-electron chi connectivity index (χ4n) is 2.94. The normalized spacial score (nSPS) is 18.0. The first-order chi connectivity index (χ1) is 9.24. The SMILES string of the molecule is Cn1nccc1C(N)Cc1ccn(C2CCCC2)n1. The molecule has 0 aliphatic heterocycles. The Bertz CT molecular complexity index is 536. The van der Waals surface area contributed by atoms with Gasteiger partial charge in [0.1, 0.15) is 0 Å². The van der Waals surface area contributed by atoms with Crippen LogP contribution >= 0.6 is 0 Å². The van der Waals surface area contributed by atoms with Gasteiger partial charge in [-0.1, -0.05) is 12.8 Å². The van der Waals surface area contributed by atoms with Crippen molar-refractivity contribution in [1.82, 2.24) is 19.6 Å². The number of rotatable bonds is 4. The quantitative estimate of drug-likeness (QED) is 0.913. The number of nitrogens with two attached hydrogens (primary N) is 1. The Labute approximate surface area is 113 Å². The summed E-state index contributed by atoms with van der Waals surface area (Å²) in [5, 5.41) is 8.84. The first kappa shape index (κ1) is 12.4. The summed E-state index contributed by atoms with van der Waals surface area (Å²) in [6.07, 6.45) is 9.82. The molecule has 0 aromatic carbocycles. The van der Waals surface area contributed by atoms with Gasteiger partial charge in [0.15, 0.2) is 0 Å². The van der Waals surface area contributed by atoms with Gasteiger partial charge < -0.3 is 5.73 Å². The van der Waals surface area contributed by atoms with Crippen LogP contribution in [0.3, 0.4) is 0 Å². The van der Waals surface area contributed by atoms with Gasteiger partial charge in [-0.15, -0.1) is 0 Å². The maximum atomic E-state index is 6.22. The first-order valence-electron chi connectivity index (χ1n) is 7.01. The molecule has 19 heavy (non-hydrogen) atoms. The number of aromatic nitrogens is 4. The fourth-order valence-corrected chi connectivity index (χ4v) is 2.94. The van der Waals surface area contributed by atoms with Crippen molar-refractivity contribution in [3.8, 4) is 0 Å². The molecule has 2 N–H and O–H groups in total. The number of aryl methyl sites for hydroxylation is 1. The van der Waals surface area contributed by atoms with Crippen LogP contribution in [-0.4, -0.2) is 19.6 Å². The molecule has 0 amide bonds. The van der Waals surface area contributed by atoms with Crippen LogP contribution in [0.4, 0.5) is 0 Å². The van der Waals surface area contributed by atoms with E-state index in [-0.39, 0.29) is 6.04 Å². The van der Waals surface area contributed by atoms with Crippen molar-refractivity contribution in [3.63, 3.8) is 0 Å². The van der Waals surface area contributed by atoms with E-state index in [0.717, 1.165) is 17.8 Å². The summed E-state index contributed by atoms with van der Waals surface area (Å²) in [7, 11) is 1.92. The molecule has 1 aliphatic rings. The molecular formula is C14H21N5. The van der Waals surface area contributed by atoms with E-state index in [1.54, 1.807) is 6.20 Å². The molecule has 0 saturated heterocycles. The lowest BCUT2D eigenvalue weighted by molar-refractivity contribution is 0.460. The predicted molar refractivity (Wildman–Crippen MR) is 73.6 cm³/mol. The lowest BCUT2D eigenvalue weighted by atomic mass is 10.1. The van der Waals surface area contributed by atoms with E-state index in [1.807, 2.05) is 17.8 Å². The second-order valence-electron chi connectivity index (χ2n) is 5.42. The predicted octanol–water partition coefficient (Wildman–Crippen LogP) is 1.97. The molecule has 1 fully saturated rings. The Kier molecular flexibility index (Phi) is 3.38. The van der Waals surface area contributed by atoms with Gasteiger partial charge in [0.2, 0.25) is 0 Å². The zero-order chi connectivity index (χ0) is 13.2. The molecule has 2 aromatic rings. The highest BCUT2D eigenvalue weighted by molar-refractivity contribution is 5.11. The highest BCUT2D eigenvalue weighted by Gasteiger charge is 2.18. The Morgan fingerprint density at radius 1 is 1.37 bits per heavy atom. The standard InChI is InChI=1S/C14H21N5/c1-18-14(6-8-16-18)13(15)10-11-7-9-19(17-11)12-4-2-3-5-12/h6-9,12-13H,2-5,10,15H2,1H3. The molecule has 5 nitrogen and oxygen atoms in total. The largest absolute Gasteiger partial charge is 0.322 e. The summed E-state index contributed by atoms with van der Waals surface area (Å²) in [6, 6.07) is 4.62. The lowest BCUT2D eigenvalue weighted by Crippen LogP contribution is -2.17. The molecule has 1 atom stereocenters. The summed E-state index contributed by atoms with van der Waals surface area (Å²) in [6.45, 7) is 0. The molecule has 5 heteroatoms. The van der Waals surface area contributed by atoms with Crippen molar-refractivity contribution in [2.24, 2.45) is 12.8 Å². The molecule has 102 valence electrons. The number of nitrogens with zero attached hydrogens (tertiary/aromatic N) is 4. The van der Waals surface area contributed by atoms with Crippen LogP contribution in [0.25, 0.3) is 0 Å². The molecule has 0 bridgehead atoms. The smallest absolute Gasteiger partial charge is 0.0644 e. The van der Waals surface area contributed by atoms with E-state index in [4.69, 9.17) is 5.73 Å². The van der Waals surface area contributed by atoms with Crippen LogP contribution in [0.2, 0.25) is 0 Å². The van der Waals surface area contributed by atoms with Crippen LogP contribution in [-0.2, 0) is 13.5 Å². The number of hydrogen-bond acceptors (Lipinski definition) is 3. The zero-order valence-electron chi connectivity index (χ0n) is 11.4. The van der Waals surface area contributed by atoms with E-state index in [2.05, 4.69) is 27.1 Å². The third-order valence-electron chi connectivity index (χ3n) is 4.03. The average Bonchev–Trinajstić information content (AvgIpc) is 3.07. The van der Waals surface area contributed by atoms with E-state index < -0.39 is 0 Å². The molecule has 1 unspecified atom stereocenters. The van der Waals surface area contributed by atoms with Crippen LogP contribution in [0.1, 0.15) is 49.2 Å². The highest BCUT2D eigenvalue weighted by atomic mass is 15.3. The monoisotopic (exact) mass is 259 g/mol. The minimum absolute atomic E-state index is 0.0422. The van der Waals surface area contributed by atoms with Gasteiger partial charge in [-0.2, -0.15) is 10.2 Å². The van der Waals surface area contributed by atoms with E-state index >= 15 is 0 Å². The Balaban J connectivity index is 1.68. The van der Waals surface area contributed by atoms with Crippen LogP contribution in [0.15, 0.2) is 24.5 Å². The minimum atomic E-state index is -0.0422. The third kappa shape index (κ3) is 2.56. The van der Waals surface area contributed by atoms with Crippen molar-refractivity contribution in [1.29, 1.82) is 0 Å². The number of hydrogen-bond donors (Lipinski definition) is 1. The van der Waals surface area contributed by atoms with E-state index in [9.17, 15) is 0 Å². The van der Waals surface area contributed by atoms with Gasteiger partial charge >= 0.3 is 0 Å². The lowest BCUT2D eigenvalue weighted by Gasteiger charge is -2.11. The molecule has 2 heterocycles. The van der Waals surface area contributed by atoms with Gasteiger partial charge in [-0.25, -0.2) is 0 Å². The van der Waals surface area contributed by atoms with Crippen LogP contribution < -0.4 is 5.73 Å². The van der Waals surface area contributed by atoms with Crippen molar-refractivity contribution >= 4 is 0 Å². The Hall–Kier alpha value is -1.62. The summed E-state index contributed by atoms with van der Waals surface area (Å²) in [4.78, 5) is 0. The summed E-state index contributed by atoms with van der Waals surface area (Å²) >= 11 is 0. The highest BCUT2D eigenvalue weighted by Crippen LogP contribution is 2.29. The minimum Gasteiger partial charge on any atom is -0.322 e. The Morgan fingerprint density at radius 2 is 2.16 bits per heavy atom. The molecular weight excluding hydrogens is 238 g/mol. The van der Waals surface area contributed by atoms with Crippen molar-refractivity contribution in [2.45, 2.75) is 44.2 Å². The maximum Gasteiger partial charge on any atom is 0.0644 e. The molecule has 0 spiro atoms. The second kappa shape index (κ2) is 5.17. The molecule has 1 saturated carbocycles. The van der Waals surface area contributed by atoms with Crippen LogP contribution in [0, 0.1) is 0 Å². The maximum absolute atomic E-state index is 6.22. The molecule has 1 aliphatic carbocycles. The summed E-state index contributed by atoms with van der Waals surface area (Å²) < 4.78 is 3.96. The molecule has 0 radical (unpaired) electrons. The zero-order valence-corrected chi connectivity index (χ0v) is 11.4. The van der Waals surface area contributed by atoms with Gasteiger partial charge in [0, 0.05) is 25.9 Å². The van der Waals surface area contributed by atoms with E-state index in [0.29, 0.717) is 6.04 Å². The third-order valence-corrected chi connectivity index (χ3v) is 4.03. The average molecular weight is 259 g/mol. The Morgan fingerprint density at radius 3 is 2.84 bits per heavy atom. The van der Waals surface area contributed by atoms with Crippen molar-refractivity contribution < 1.29 is 0 Å². The topological polar surface area (TPSA) is 61.7 Å². The fraction of sp³-hybridized carbons (Fsp3) is 0.571. The molecule has 2 aromatic heterocycles. The van der Waals surface area contributed by atoms with E-state index in [1.165, 1.54) is 25.7 Å². The van der Waals surface area contributed by atoms with Gasteiger partial charge in [0.25, 0.3) is 0 Å². The summed E-state index contributed by atoms with van der Waals surface area (Å²) in [5.41, 5.74) is 8.35. The van der Waals surface area contributed by atoms with Gasteiger partial charge in [0.05, 0.1) is 23.5 Å². The van der Waals surface area contributed by atoms with Crippen molar-refractivity contribution in [2.75, 3.05) is 0 Å². The molecule has 3 rings (SSSR count).